The van der Waals surface area contributed by atoms with Crippen LogP contribution in [0.4, 0.5) is 15.9 Å². The summed E-state index contributed by atoms with van der Waals surface area (Å²) in [7, 11) is 1.44. The standard InChI is InChI=1S/C26H23FN6O4/c1-28-17-5-3-15(4-6-17)10-29-11-16-12-32(14-22(16)31-37-2)25-21(27)9-19-23(34)20(26(35)36)13-33(18-7-8-18)24(19)30-25/h3-6,9-10,13,16,18H,7-8,11-12,14H2,2H3,(H,35,36). The van der Waals surface area contributed by atoms with Crippen LogP contribution in [0.25, 0.3) is 15.9 Å². The first-order valence-corrected chi connectivity index (χ1v) is 11.7. The molecule has 0 amide bonds. The van der Waals surface area contributed by atoms with E-state index in [1.54, 1.807) is 27.8 Å². The molecule has 1 aliphatic heterocycles. The van der Waals surface area contributed by atoms with E-state index in [0.29, 0.717) is 24.5 Å². The molecular weight excluding hydrogens is 479 g/mol. The molecule has 0 bridgehead atoms. The first-order chi connectivity index (χ1) is 17.9. The topological polar surface area (TPSA) is 114 Å². The normalized spacial score (nSPS) is 18.6. The van der Waals surface area contributed by atoms with Gasteiger partial charge in [-0.05, 0) is 24.5 Å². The molecule has 1 unspecified atom stereocenters. The molecular formula is C26H23FN6O4. The second kappa shape index (κ2) is 9.81. The van der Waals surface area contributed by atoms with E-state index >= 15 is 4.39 Å². The molecule has 1 atom stereocenters. The first-order valence-electron chi connectivity index (χ1n) is 11.7. The molecule has 0 radical (unpaired) electrons. The summed E-state index contributed by atoms with van der Waals surface area (Å²) in [6.45, 7) is 8.07. The number of pyridine rings is 2. The number of aromatic nitrogens is 2. The van der Waals surface area contributed by atoms with Gasteiger partial charge < -0.3 is 19.4 Å². The van der Waals surface area contributed by atoms with Crippen LogP contribution in [-0.4, -0.2) is 59.3 Å². The Kier molecular flexibility index (Phi) is 6.40. The van der Waals surface area contributed by atoms with Crippen LogP contribution < -0.4 is 10.3 Å². The van der Waals surface area contributed by atoms with Gasteiger partial charge in [0.25, 0.3) is 0 Å². The van der Waals surface area contributed by atoms with Crippen molar-refractivity contribution in [3.8, 4) is 0 Å². The van der Waals surface area contributed by atoms with Gasteiger partial charge in [-0.15, -0.1) is 0 Å². The maximum atomic E-state index is 15.3. The molecule has 37 heavy (non-hydrogen) atoms. The number of rotatable bonds is 7. The molecule has 1 saturated heterocycles. The van der Waals surface area contributed by atoms with E-state index < -0.39 is 22.8 Å². The molecule has 3 aromatic rings. The smallest absolute Gasteiger partial charge is 0.341 e. The lowest BCUT2D eigenvalue weighted by Crippen LogP contribution is -2.25. The van der Waals surface area contributed by atoms with Gasteiger partial charge in [0.05, 0.1) is 24.2 Å². The molecule has 3 heterocycles. The maximum absolute atomic E-state index is 15.3. The molecule has 1 aliphatic carbocycles. The number of hydrogen-bond acceptors (Lipinski definition) is 7. The Morgan fingerprint density at radius 2 is 2.11 bits per heavy atom. The minimum absolute atomic E-state index is 0.0298. The number of carbonyl (C=O) groups is 1. The number of benzene rings is 1. The van der Waals surface area contributed by atoms with Crippen molar-refractivity contribution in [2.24, 2.45) is 16.1 Å². The van der Waals surface area contributed by atoms with Gasteiger partial charge in [0.15, 0.2) is 17.3 Å². The monoisotopic (exact) mass is 502 g/mol. The molecule has 1 aromatic carbocycles. The Labute approximate surface area is 211 Å². The molecule has 188 valence electrons. The van der Waals surface area contributed by atoms with Crippen LogP contribution in [0.1, 0.15) is 34.8 Å². The van der Waals surface area contributed by atoms with Gasteiger partial charge >= 0.3 is 5.97 Å². The van der Waals surface area contributed by atoms with E-state index in [4.69, 9.17) is 11.4 Å². The lowest BCUT2D eigenvalue weighted by Gasteiger charge is -2.19. The number of anilines is 1. The average molecular weight is 503 g/mol. The number of halogens is 1. The lowest BCUT2D eigenvalue weighted by atomic mass is 10.1. The van der Waals surface area contributed by atoms with Crippen LogP contribution in [0.2, 0.25) is 0 Å². The minimum Gasteiger partial charge on any atom is -0.477 e. The first kappa shape index (κ1) is 24.1. The summed E-state index contributed by atoms with van der Waals surface area (Å²) in [5.41, 5.74) is 1.21. The van der Waals surface area contributed by atoms with E-state index in [-0.39, 0.29) is 35.4 Å². The quantitative estimate of drug-likeness (QED) is 0.300. The van der Waals surface area contributed by atoms with Gasteiger partial charge in [-0.25, -0.2) is 19.0 Å². The fraction of sp³-hybridized carbons (Fsp3) is 0.308. The van der Waals surface area contributed by atoms with Crippen LogP contribution in [0.3, 0.4) is 0 Å². The van der Waals surface area contributed by atoms with Gasteiger partial charge in [-0.1, -0.05) is 29.4 Å². The van der Waals surface area contributed by atoms with Crippen molar-refractivity contribution >= 4 is 40.4 Å². The number of hydrogen-bond donors (Lipinski definition) is 1. The molecule has 1 saturated carbocycles. The number of carboxylic acid groups (broad SMARTS) is 1. The summed E-state index contributed by atoms with van der Waals surface area (Å²) < 4.78 is 17.0. The fourth-order valence-electron chi connectivity index (χ4n) is 4.47. The Bertz CT molecular complexity index is 1540. The van der Waals surface area contributed by atoms with Crippen LogP contribution in [0, 0.1) is 18.3 Å². The molecule has 10 nitrogen and oxygen atoms in total. The van der Waals surface area contributed by atoms with Crippen molar-refractivity contribution in [3.05, 3.63) is 75.1 Å². The summed E-state index contributed by atoms with van der Waals surface area (Å²) >= 11 is 0. The van der Waals surface area contributed by atoms with E-state index in [1.165, 1.54) is 13.3 Å². The van der Waals surface area contributed by atoms with Gasteiger partial charge in [0.2, 0.25) is 5.43 Å². The highest BCUT2D eigenvalue weighted by atomic mass is 19.1. The summed E-state index contributed by atoms with van der Waals surface area (Å²) in [4.78, 5) is 43.4. The number of nitrogens with zero attached hydrogens (tertiary/aromatic N) is 6. The number of aromatic carboxylic acids is 1. The van der Waals surface area contributed by atoms with E-state index in [2.05, 4.69) is 20.0 Å². The third kappa shape index (κ3) is 4.78. The highest BCUT2D eigenvalue weighted by Crippen LogP contribution is 2.37. The zero-order valence-corrected chi connectivity index (χ0v) is 20.0. The molecule has 5 rings (SSSR count). The molecule has 2 fully saturated rings. The van der Waals surface area contributed by atoms with E-state index in [1.807, 2.05) is 12.1 Å². The van der Waals surface area contributed by atoms with Crippen LogP contribution in [0.5, 0.6) is 0 Å². The van der Waals surface area contributed by atoms with E-state index in [0.717, 1.165) is 24.5 Å². The van der Waals surface area contributed by atoms with Gasteiger partial charge in [0.1, 0.15) is 18.3 Å². The van der Waals surface area contributed by atoms with Crippen molar-refractivity contribution in [1.29, 1.82) is 0 Å². The highest BCUT2D eigenvalue weighted by Gasteiger charge is 2.33. The van der Waals surface area contributed by atoms with Crippen molar-refractivity contribution in [2.45, 2.75) is 18.9 Å². The van der Waals surface area contributed by atoms with Gasteiger partial charge in [0, 0.05) is 37.5 Å². The van der Waals surface area contributed by atoms with Crippen LogP contribution in [-0.2, 0) is 4.84 Å². The summed E-state index contributed by atoms with van der Waals surface area (Å²) in [6.07, 6.45) is 4.69. The number of fused-ring (bicyclic) bond motifs is 1. The van der Waals surface area contributed by atoms with Gasteiger partial charge in [-0.3, -0.25) is 9.79 Å². The van der Waals surface area contributed by atoms with E-state index in [9.17, 15) is 14.7 Å². The molecule has 1 N–H and O–H groups in total. The minimum atomic E-state index is -1.35. The van der Waals surface area contributed by atoms with Crippen molar-refractivity contribution in [2.75, 3.05) is 31.6 Å². The predicted octanol–water partition coefficient (Wildman–Crippen LogP) is 3.68. The van der Waals surface area contributed by atoms with Crippen LogP contribution >= 0.6 is 0 Å². The Morgan fingerprint density at radius 3 is 2.76 bits per heavy atom. The Hall–Kier alpha value is -4.59. The van der Waals surface area contributed by atoms with Crippen LogP contribution in [0.15, 0.2) is 51.5 Å². The van der Waals surface area contributed by atoms with Crippen molar-refractivity contribution in [3.63, 3.8) is 0 Å². The van der Waals surface area contributed by atoms with Gasteiger partial charge in [-0.2, -0.15) is 0 Å². The third-order valence-electron chi connectivity index (χ3n) is 6.47. The van der Waals surface area contributed by atoms with Crippen molar-refractivity contribution in [1.82, 2.24) is 9.55 Å². The maximum Gasteiger partial charge on any atom is 0.341 e. The number of carboxylic acids is 1. The predicted molar refractivity (Wildman–Crippen MR) is 137 cm³/mol. The largest absolute Gasteiger partial charge is 0.477 e. The Balaban J connectivity index is 1.44. The number of oxime groups is 1. The summed E-state index contributed by atoms with van der Waals surface area (Å²) in [5, 5.41) is 13.5. The fourth-order valence-corrected chi connectivity index (χ4v) is 4.47. The lowest BCUT2D eigenvalue weighted by molar-refractivity contribution is 0.0695. The Morgan fingerprint density at radius 1 is 1.35 bits per heavy atom. The second-order valence-corrected chi connectivity index (χ2v) is 9.02. The molecule has 11 heteroatoms. The SMILES string of the molecule is [C-]#[N+]c1ccc(C=NCC2CN(c3nc4c(cc3F)c(=O)c(C(=O)O)cn4C3CC3)CC2=NOC)cc1. The highest BCUT2D eigenvalue weighted by molar-refractivity contribution is 5.95. The number of aliphatic imine (C=N–C) groups is 1. The molecule has 2 aliphatic rings. The zero-order valence-electron chi connectivity index (χ0n) is 20.0. The average Bonchev–Trinajstić information content (AvgIpc) is 3.66. The van der Waals surface area contributed by atoms with Crippen molar-refractivity contribution < 1.29 is 19.1 Å². The third-order valence-corrected chi connectivity index (χ3v) is 6.47. The summed E-state index contributed by atoms with van der Waals surface area (Å²) in [5.74, 6) is -2.16. The molecule has 0 spiro atoms. The second-order valence-electron chi connectivity index (χ2n) is 9.02. The summed E-state index contributed by atoms with van der Waals surface area (Å²) in [6, 6.07) is 8.17. The molecule has 2 aromatic heterocycles. The zero-order chi connectivity index (χ0) is 26.1.